The van der Waals surface area contributed by atoms with E-state index in [2.05, 4.69) is 26.3 Å². The van der Waals surface area contributed by atoms with Crippen LogP contribution in [0.25, 0.3) is 0 Å². The fourth-order valence-corrected chi connectivity index (χ4v) is 4.62. The highest BCUT2D eigenvalue weighted by Gasteiger charge is 2.32. The Morgan fingerprint density at radius 1 is 0.836 bits per heavy atom. The number of hydrogen-bond acceptors (Lipinski definition) is 12. The molecule has 0 spiro atoms. The van der Waals surface area contributed by atoms with Crippen molar-refractivity contribution in [2.75, 3.05) is 13.1 Å². The molecule has 0 aliphatic carbocycles. The summed E-state index contributed by atoms with van der Waals surface area (Å²) in [5, 5.41) is 19.4. The third-order valence-electron chi connectivity index (χ3n) is 7.28. The topological polar surface area (TPSA) is 272 Å². The van der Waals surface area contributed by atoms with Crippen molar-refractivity contribution in [3.63, 3.8) is 0 Å². The molecule has 0 unspecified atom stereocenters. The Morgan fingerprint density at radius 2 is 1.42 bits per heavy atom. The number of aliphatic imine (C=N–C) groups is 1. The predicted octanol–water partition coefficient (Wildman–Crippen LogP) is 1.37. The summed E-state index contributed by atoms with van der Waals surface area (Å²) in [6, 6.07) is 13.7. The zero-order chi connectivity index (χ0) is 41.0. The van der Waals surface area contributed by atoms with Crippen LogP contribution in [0.5, 0.6) is 0 Å². The second kappa shape index (κ2) is 22.7. The quantitative estimate of drug-likeness (QED) is 0.0212. The van der Waals surface area contributed by atoms with Crippen molar-refractivity contribution in [3.8, 4) is 0 Å². The number of guanidine groups is 1. The monoisotopic (exact) mass is 770 g/mol. The van der Waals surface area contributed by atoms with Crippen LogP contribution in [-0.2, 0) is 51.4 Å². The Labute approximate surface area is 318 Å². The number of nitrogens with two attached hydrogens (primary N) is 1. The second-order valence-electron chi connectivity index (χ2n) is 13.5. The van der Waals surface area contributed by atoms with Gasteiger partial charge in [-0.3, -0.25) is 19.2 Å². The van der Waals surface area contributed by atoms with Gasteiger partial charge in [0.2, 0.25) is 17.7 Å². The molecule has 0 fully saturated rings. The Morgan fingerprint density at radius 3 is 1.96 bits per heavy atom. The van der Waals surface area contributed by atoms with Crippen molar-refractivity contribution in [3.05, 3.63) is 81.9 Å². The molecule has 0 aliphatic heterocycles. The molecule has 0 aliphatic rings. The van der Waals surface area contributed by atoms with Gasteiger partial charge in [-0.1, -0.05) is 79.9 Å². The van der Waals surface area contributed by atoms with E-state index in [0.717, 1.165) is 5.56 Å². The molecule has 300 valence electrons. The SMILES string of the molecule is CC(C)[C@H](NC(=O)[C@@H](CC(=O)OCc1ccccc1)NC(=O)CNC(=O)[C@H](CCCN=C(N)N[N+](=O)[O-])NC(=O)OC(C)(C)C)C(=O)OCc1ccccc1. The van der Waals surface area contributed by atoms with Crippen molar-refractivity contribution in [1.29, 1.82) is 0 Å². The summed E-state index contributed by atoms with van der Waals surface area (Å²) in [7, 11) is 0. The number of ether oxygens (including phenoxy) is 3. The third kappa shape index (κ3) is 18.9. The van der Waals surface area contributed by atoms with Gasteiger partial charge in [0.25, 0.3) is 5.96 Å². The van der Waals surface area contributed by atoms with E-state index >= 15 is 0 Å². The molecule has 0 bridgehead atoms. The minimum Gasteiger partial charge on any atom is -0.461 e. The largest absolute Gasteiger partial charge is 0.461 e. The van der Waals surface area contributed by atoms with Gasteiger partial charge in [-0.15, -0.1) is 0 Å². The maximum atomic E-state index is 13.6. The number of hydrogen-bond donors (Lipinski definition) is 6. The van der Waals surface area contributed by atoms with Gasteiger partial charge in [-0.2, -0.15) is 0 Å². The van der Waals surface area contributed by atoms with Crippen LogP contribution in [0.4, 0.5) is 4.79 Å². The van der Waals surface area contributed by atoms with Gasteiger partial charge in [0.15, 0.2) is 5.03 Å². The van der Waals surface area contributed by atoms with E-state index in [0.29, 0.717) is 5.56 Å². The molecule has 2 rings (SSSR count). The molecular weight excluding hydrogens is 720 g/mol. The predicted molar refractivity (Wildman–Crippen MR) is 198 cm³/mol. The van der Waals surface area contributed by atoms with Gasteiger partial charge in [-0.05, 0) is 50.7 Å². The molecule has 2 aromatic carbocycles. The Bertz CT molecular complexity index is 1630. The van der Waals surface area contributed by atoms with E-state index in [9.17, 15) is 38.9 Å². The number of carbonyl (C=O) groups excluding carboxylic acids is 6. The van der Waals surface area contributed by atoms with Crippen LogP contribution in [0.1, 0.15) is 65.0 Å². The molecular formula is C36H50N8O11. The van der Waals surface area contributed by atoms with Crippen molar-refractivity contribution < 1.29 is 48.0 Å². The lowest BCUT2D eigenvalue weighted by Gasteiger charge is -2.25. The van der Waals surface area contributed by atoms with E-state index in [-0.39, 0.29) is 32.6 Å². The molecule has 0 saturated carbocycles. The van der Waals surface area contributed by atoms with Gasteiger partial charge in [0, 0.05) is 6.54 Å². The summed E-state index contributed by atoms with van der Waals surface area (Å²) in [5.74, 6) is -5.07. The number of nitro groups is 1. The minimum absolute atomic E-state index is 0.0445. The minimum atomic E-state index is -1.54. The standard InChI is InChI=1S/C36H50N8O11/c1-23(2)30(33(49)54-22-25-15-10-7-11-16-25)42-32(48)27(19-29(46)53-21-24-13-8-6-9-14-24)40-28(45)20-39-31(47)26(41-35(50)55-36(3,4)5)17-12-18-38-34(37)43-44(51)52/h6-11,13-16,23,26-27,30H,12,17-22H2,1-5H3,(H,39,47)(H,40,45)(H,41,50)(H,42,48)(H3,37,38,43)/t26-,27+,30-/m0/s1. The normalized spacial score (nSPS) is 12.9. The van der Waals surface area contributed by atoms with E-state index in [1.165, 1.54) is 0 Å². The molecule has 55 heavy (non-hydrogen) atoms. The molecule has 0 heterocycles. The zero-order valence-corrected chi connectivity index (χ0v) is 31.5. The summed E-state index contributed by atoms with van der Waals surface area (Å²) in [6.07, 6.45) is -1.47. The first-order chi connectivity index (χ1) is 25.9. The number of alkyl carbamates (subject to hydrolysis) is 1. The summed E-state index contributed by atoms with van der Waals surface area (Å²) in [4.78, 5) is 92.6. The maximum Gasteiger partial charge on any atom is 0.408 e. The highest BCUT2D eigenvalue weighted by Crippen LogP contribution is 2.11. The number of nitrogens with one attached hydrogen (secondary N) is 5. The van der Waals surface area contributed by atoms with Gasteiger partial charge < -0.3 is 41.2 Å². The van der Waals surface area contributed by atoms with Crippen LogP contribution < -0.4 is 32.4 Å². The molecule has 2 aromatic rings. The molecule has 19 heteroatoms. The lowest BCUT2D eigenvalue weighted by molar-refractivity contribution is -0.525. The van der Waals surface area contributed by atoms with Gasteiger partial charge in [0.1, 0.15) is 36.9 Å². The number of rotatable bonds is 20. The number of amides is 4. The Balaban J connectivity index is 2.15. The van der Waals surface area contributed by atoms with Crippen molar-refractivity contribution >= 4 is 41.7 Å². The molecule has 7 N–H and O–H groups in total. The van der Waals surface area contributed by atoms with Crippen LogP contribution in [-0.4, -0.2) is 83.6 Å². The van der Waals surface area contributed by atoms with E-state index in [1.54, 1.807) is 94.6 Å². The van der Waals surface area contributed by atoms with E-state index in [4.69, 9.17) is 19.9 Å². The average molecular weight is 771 g/mol. The number of esters is 2. The first-order valence-electron chi connectivity index (χ1n) is 17.4. The smallest absolute Gasteiger partial charge is 0.408 e. The van der Waals surface area contributed by atoms with Crippen LogP contribution in [0.3, 0.4) is 0 Å². The third-order valence-corrected chi connectivity index (χ3v) is 7.28. The Kier molecular flexibility index (Phi) is 18.5. The summed E-state index contributed by atoms with van der Waals surface area (Å²) >= 11 is 0. The first kappa shape index (κ1) is 44.9. The fraction of sp³-hybridized carbons (Fsp3) is 0.472. The molecule has 0 radical (unpaired) electrons. The van der Waals surface area contributed by atoms with Crippen LogP contribution in [0.2, 0.25) is 0 Å². The lowest BCUT2D eigenvalue weighted by atomic mass is 10.0. The molecule has 0 aromatic heterocycles. The van der Waals surface area contributed by atoms with Crippen molar-refractivity contribution in [1.82, 2.24) is 26.7 Å². The maximum absolute atomic E-state index is 13.6. The second-order valence-corrected chi connectivity index (χ2v) is 13.5. The number of hydrazine groups is 1. The van der Waals surface area contributed by atoms with Crippen molar-refractivity contribution in [2.45, 2.75) is 90.8 Å². The van der Waals surface area contributed by atoms with Gasteiger partial charge >= 0.3 is 18.0 Å². The molecule has 3 atom stereocenters. The summed E-state index contributed by atoms with van der Waals surface area (Å²) in [5.41, 5.74) is 7.60. The fourth-order valence-electron chi connectivity index (χ4n) is 4.62. The molecule has 0 saturated heterocycles. The molecule has 19 nitrogen and oxygen atoms in total. The lowest BCUT2D eigenvalue weighted by Crippen LogP contribution is -2.56. The highest BCUT2D eigenvalue weighted by atomic mass is 16.7. The van der Waals surface area contributed by atoms with Gasteiger partial charge in [0.05, 0.1) is 13.0 Å². The van der Waals surface area contributed by atoms with E-state index < -0.39 is 89.4 Å². The average Bonchev–Trinajstić information content (AvgIpc) is 3.11. The number of benzene rings is 2. The summed E-state index contributed by atoms with van der Waals surface area (Å²) < 4.78 is 16.0. The molecule has 4 amide bonds. The van der Waals surface area contributed by atoms with E-state index in [1.807, 2.05) is 6.07 Å². The number of nitrogens with zero attached hydrogens (tertiary/aromatic N) is 2. The Hall–Kier alpha value is -6.27. The first-order valence-corrected chi connectivity index (χ1v) is 17.4. The van der Waals surface area contributed by atoms with Crippen LogP contribution in [0, 0.1) is 16.0 Å². The van der Waals surface area contributed by atoms with Crippen LogP contribution in [0.15, 0.2) is 65.7 Å². The van der Waals surface area contributed by atoms with Crippen LogP contribution >= 0.6 is 0 Å². The zero-order valence-electron chi connectivity index (χ0n) is 31.5. The van der Waals surface area contributed by atoms with Gasteiger partial charge in [-0.25, -0.2) is 24.7 Å². The highest BCUT2D eigenvalue weighted by molar-refractivity contribution is 5.95. The van der Waals surface area contributed by atoms with Crippen molar-refractivity contribution in [2.24, 2.45) is 16.6 Å². The summed E-state index contributed by atoms with van der Waals surface area (Å²) in [6.45, 7) is 7.31. The number of carbonyl (C=O) groups is 6.